The third kappa shape index (κ3) is 6.85. The molecule has 132 valence electrons. The average Bonchev–Trinajstić information content (AvgIpc) is 2.61. The SMILES string of the molecule is COc1ccc(CC(=O)NCC(=O)NCCc2cccc(Cl)c2)cc1. The number of benzene rings is 2. The van der Waals surface area contributed by atoms with Crippen molar-refractivity contribution in [1.29, 1.82) is 0 Å². The van der Waals surface area contributed by atoms with E-state index >= 15 is 0 Å². The summed E-state index contributed by atoms with van der Waals surface area (Å²) in [5, 5.41) is 6.06. The Balaban J connectivity index is 1.65. The molecule has 0 unspecified atom stereocenters. The molecule has 2 rings (SSSR count). The van der Waals surface area contributed by atoms with Gasteiger partial charge in [0.2, 0.25) is 11.8 Å². The quantitative estimate of drug-likeness (QED) is 0.759. The van der Waals surface area contributed by atoms with E-state index in [9.17, 15) is 9.59 Å². The number of carbonyl (C=O) groups is 2. The summed E-state index contributed by atoms with van der Waals surface area (Å²) in [7, 11) is 1.59. The number of halogens is 1. The highest BCUT2D eigenvalue weighted by Crippen LogP contribution is 2.12. The zero-order valence-corrected chi connectivity index (χ0v) is 14.8. The minimum absolute atomic E-state index is 0.0372. The monoisotopic (exact) mass is 360 g/mol. The van der Waals surface area contributed by atoms with Crippen LogP contribution in [0.15, 0.2) is 48.5 Å². The lowest BCUT2D eigenvalue weighted by molar-refractivity contribution is -0.125. The molecule has 25 heavy (non-hydrogen) atoms. The van der Waals surface area contributed by atoms with Crippen LogP contribution in [0, 0.1) is 0 Å². The maximum absolute atomic E-state index is 11.9. The number of hydrogen-bond donors (Lipinski definition) is 2. The van der Waals surface area contributed by atoms with E-state index in [1.807, 2.05) is 36.4 Å². The topological polar surface area (TPSA) is 67.4 Å². The van der Waals surface area contributed by atoms with Crippen molar-refractivity contribution in [2.75, 3.05) is 20.2 Å². The van der Waals surface area contributed by atoms with Crippen LogP contribution in [0.5, 0.6) is 5.75 Å². The molecule has 2 aromatic carbocycles. The van der Waals surface area contributed by atoms with Crippen molar-refractivity contribution < 1.29 is 14.3 Å². The number of methoxy groups -OCH3 is 1. The molecule has 0 saturated carbocycles. The summed E-state index contributed by atoms with van der Waals surface area (Å²) >= 11 is 5.91. The van der Waals surface area contributed by atoms with Gasteiger partial charge in [-0.2, -0.15) is 0 Å². The van der Waals surface area contributed by atoms with Gasteiger partial charge in [-0.05, 0) is 41.8 Å². The molecule has 0 fully saturated rings. The van der Waals surface area contributed by atoms with E-state index in [0.717, 1.165) is 16.9 Å². The second-order valence-electron chi connectivity index (χ2n) is 5.53. The largest absolute Gasteiger partial charge is 0.497 e. The van der Waals surface area contributed by atoms with E-state index in [-0.39, 0.29) is 24.8 Å². The molecular weight excluding hydrogens is 340 g/mol. The van der Waals surface area contributed by atoms with Gasteiger partial charge in [0.15, 0.2) is 0 Å². The van der Waals surface area contributed by atoms with Crippen LogP contribution in [0.4, 0.5) is 0 Å². The lowest BCUT2D eigenvalue weighted by atomic mass is 10.1. The maximum Gasteiger partial charge on any atom is 0.239 e. The average molecular weight is 361 g/mol. The molecule has 2 amide bonds. The summed E-state index contributed by atoms with van der Waals surface area (Å²) in [6.07, 6.45) is 0.909. The minimum atomic E-state index is -0.217. The van der Waals surface area contributed by atoms with Crippen LogP contribution < -0.4 is 15.4 Å². The molecule has 5 nitrogen and oxygen atoms in total. The summed E-state index contributed by atoms with van der Waals surface area (Å²) < 4.78 is 5.07. The smallest absolute Gasteiger partial charge is 0.239 e. The highest BCUT2D eigenvalue weighted by Gasteiger charge is 2.07. The van der Waals surface area contributed by atoms with Gasteiger partial charge in [0.25, 0.3) is 0 Å². The van der Waals surface area contributed by atoms with E-state index in [1.54, 1.807) is 19.2 Å². The van der Waals surface area contributed by atoms with E-state index in [2.05, 4.69) is 10.6 Å². The van der Waals surface area contributed by atoms with Gasteiger partial charge in [-0.1, -0.05) is 35.9 Å². The van der Waals surface area contributed by atoms with Crippen molar-refractivity contribution in [1.82, 2.24) is 10.6 Å². The van der Waals surface area contributed by atoms with Gasteiger partial charge >= 0.3 is 0 Å². The number of rotatable bonds is 8. The van der Waals surface area contributed by atoms with Crippen LogP contribution in [0.3, 0.4) is 0 Å². The van der Waals surface area contributed by atoms with Gasteiger partial charge < -0.3 is 15.4 Å². The first kappa shape index (κ1) is 18.8. The Kier molecular flexibility index (Phi) is 7.29. The molecule has 0 bridgehead atoms. The molecule has 2 N–H and O–H groups in total. The number of nitrogens with one attached hydrogen (secondary N) is 2. The van der Waals surface area contributed by atoms with Crippen molar-refractivity contribution in [2.45, 2.75) is 12.8 Å². The van der Waals surface area contributed by atoms with Crippen molar-refractivity contribution in [3.8, 4) is 5.75 Å². The molecule has 0 atom stereocenters. The Morgan fingerprint density at radius 2 is 1.76 bits per heavy atom. The first-order chi connectivity index (χ1) is 12.1. The zero-order chi connectivity index (χ0) is 18.1. The first-order valence-corrected chi connectivity index (χ1v) is 8.35. The predicted molar refractivity (Wildman–Crippen MR) is 97.9 cm³/mol. The Morgan fingerprint density at radius 1 is 1.00 bits per heavy atom. The summed E-state index contributed by atoms with van der Waals surface area (Å²) in [6.45, 7) is 0.456. The number of carbonyl (C=O) groups excluding carboxylic acids is 2. The summed E-state index contributed by atoms with van der Waals surface area (Å²) in [4.78, 5) is 23.6. The number of hydrogen-bond acceptors (Lipinski definition) is 3. The maximum atomic E-state index is 11.9. The fourth-order valence-corrected chi connectivity index (χ4v) is 2.48. The van der Waals surface area contributed by atoms with Crippen LogP contribution in [-0.4, -0.2) is 32.0 Å². The van der Waals surface area contributed by atoms with Gasteiger partial charge in [-0.3, -0.25) is 9.59 Å². The van der Waals surface area contributed by atoms with E-state index < -0.39 is 0 Å². The highest BCUT2D eigenvalue weighted by molar-refractivity contribution is 6.30. The fraction of sp³-hybridized carbons (Fsp3) is 0.263. The lowest BCUT2D eigenvalue weighted by Gasteiger charge is -2.08. The lowest BCUT2D eigenvalue weighted by Crippen LogP contribution is -2.38. The molecule has 0 aliphatic carbocycles. The summed E-state index contributed by atoms with van der Waals surface area (Å²) in [5.74, 6) is 0.323. The van der Waals surface area contributed by atoms with Gasteiger partial charge in [0.05, 0.1) is 20.1 Å². The predicted octanol–water partition coefficient (Wildman–Crippen LogP) is 2.37. The first-order valence-electron chi connectivity index (χ1n) is 7.97. The van der Waals surface area contributed by atoms with Crippen LogP contribution >= 0.6 is 11.6 Å². The van der Waals surface area contributed by atoms with Gasteiger partial charge in [0, 0.05) is 11.6 Å². The Hall–Kier alpha value is -2.53. The zero-order valence-electron chi connectivity index (χ0n) is 14.0. The van der Waals surface area contributed by atoms with E-state index in [1.165, 1.54) is 0 Å². The Morgan fingerprint density at radius 3 is 2.44 bits per heavy atom. The van der Waals surface area contributed by atoms with Crippen molar-refractivity contribution in [2.24, 2.45) is 0 Å². The Labute approximate surface area is 152 Å². The third-order valence-electron chi connectivity index (χ3n) is 3.59. The van der Waals surface area contributed by atoms with Gasteiger partial charge in [0.1, 0.15) is 5.75 Å². The minimum Gasteiger partial charge on any atom is -0.497 e. The molecule has 2 aromatic rings. The van der Waals surface area contributed by atoms with Crippen molar-refractivity contribution in [3.63, 3.8) is 0 Å². The molecule has 0 aliphatic rings. The molecule has 0 aromatic heterocycles. The molecule has 0 spiro atoms. The van der Waals surface area contributed by atoms with E-state index in [0.29, 0.717) is 18.0 Å². The van der Waals surface area contributed by atoms with Gasteiger partial charge in [-0.25, -0.2) is 0 Å². The standard InChI is InChI=1S/C19H21ClN2O3/c1-25-17-7-5-15(6-8-17)12-18(23)22-13-19(24)21-10-9-14-3-2-4-16(20)11-14/h2-8,11H,9-10,12-13H2,1H3,(H,21,24)(H,22,23). The molecule has 6 heteroatoms. The highest BCUT2D eigenvalue weighted by atomic mass is 35.5. The molecule has 0 saturated heterocycles. The molecular formula is C19H21ClN2O3. The van der Waals surface area contributed by atoms with E-state index in [4.69, 9.17) is 16.3 Å². The Bertz CT molecular complexity index is 717. The van der Waals surface area contributed by atoms with Crippen LogP contribution in [0.1, 0.15) is 11.1 Å². The number of amides is 2. The van der Waals surface area contributed by atoms with Crippen LogP contribution in [0.2, 0.25) is 5.02 Å². The normalized spacial score (nSPS) is 10.2. The van der Waals surface area contributed by atoms with Crippen LogP contribution in [0.25, 0.3) is 0 Å². The fourth-order valence-electron chi connectivity index (χ4n) is 2.27. The number of ether oxygens (including phenoxy) is 1. The second kappa shape index (κ2) is 9.69. The molecule has 0 aliphatic heterocycles. The molecule has 0 radical (unpaired) electrons. The van der Waals surface area contributed by atoms with Gasteiger partial charge in [-0.15, -0.1) is 0 Å². The van der Waals surface area contributed by atoms with Crippen LogP contribution in [-0.2, 0) is 22.4 Å². The summed E-state index contributed by atoms with van der Waals surface area (Å²) in [6, 6.07) is 14.7. The van der Waals surface area contributed by atoms with Crippen molar-refractivity contribution in [3.05, 3.63) is 64.7 Å². The summed E-state index contributed by atoms with van der Waals surface area (Å²) in [5.41, 5.74) is 1.91. The van der Waals surface area contributed by atoms with Crippen molar-refractivity contribution >= 4 is 23.4 Å². The molecule has 0 heterocycles. The second-order valence-corrected chi connectivity index (χ2v) is 5.97. The third-order valence-corrected chi connectivity index (χ3v) is 3.83.